The SMILES string of the molecule is Cc1cc(O[C@H](C)C(=O)NCCCN2CCC(C)CC2)cc(C)c1Cl. The van der Waals surface area contributed by atoms with Crippen molar-refractivity contribution in [3.63, 3.8) is 0 Å². The minimum atomic E-state index is -0.518. The van der Waals surface area contributed by atoms with Crippen LogP contribution in [0.15, 0.2) is 12.1 Å². The molecule has 1 atom stereocenters. The van der Waals surface area contributed by atoms with E-state index in [1.807, 2.05) is 26.0 Å². The van der Waals surface area contributed by atoms with Crippen molar-refractivity contribution in [3.05, 3.63) is 28.3 Å². The lowest BCUT2D eigenvalue weighted by molar-refractivity contribution is -0.127. The molecule has 0 saturated carbocycles. The Balaban J connectivity index is 1.70. The molecule has 0 radical (unpaired) electrons. The molecule has 0 aromatic heterocycles. The molecule has 0 unspecified atom stereocenters. The van der Waals surface area contributed by atoms with Crippen LogP contribution >= 0.6 is 11.6 Å². The smallest absolute Gasteiger partial charge is 0.260 e. The van der Waals surface area contributed by atoms with E-state index in [0.717, 1.165) is 35.0 Å². The quantitative estimate of drug-likeness (QED) is 0.742. The van der Waals surface area contributed by atoms with Gasteiger partial charge < -0.3 is 15.0 Å². The van der Waals surface area contributed by atoms with Crippen molar-refractivity contribution in [1.82, 2.24) is 10.2 Å². The summed E-state index contributed by atoms with van der Waals surface area (Å²) in [5.74, 6) is 1.47. The molecule has 5 heteroatoms. The molecule has 1 aliphatic rings. The molecule has 1 aromatic rings. The lowest BCUT2D eigenvalue weighted by Gasteiger charge is -2.30. The van der Waals surface area contributed by atoms with E-state index in [0.29, 0.717) is 12.3 Å². The predicted molar refractivity (Wildman–Crippen MR) is 103 cm³/mol. The van der Waals surface area contributed by atoms with Gasteiger partial charge in [-0.2, -0.15) is 0 Å². The second kappa shape index (κ2) is 9.44. The Hall–Kier alpha value is -1.26. The van der Waals surface area contributed by atoms with Crippen molar-refractivity contribution in [2.24, 2.45) is 5.92 Å². The molecule has 4 nitrogen and oxygen atoms in total. The number of benzene rings is 1. The molecule has 1 aromatic carbocycles. The highest BCUT2D eigenvalue weighted by molar-refractivity contribution is 6.32. The number of carbonyl (C=O) groups excluding carboxylic acids is 1. The first-order valence-electron chi connectivity index (χ1n) is 9.30. The van der Waals surface area contributed by atoms with E-state index >= 15 is 0 Å². The van der Waals surface area contributed by atoms with Gasteiger partial charge in [-0.3, -0.25) is 4.79 Å². The zero-order valence-corrected chi connectivity index (χ0v) is 16.7. The normalized spacial score (nSPS) is 17.3. The number of nitrogens with zero attached hydrogens (tertiary/aromatic N) is 1. The van der Waals surface area contributed by atoms with Gasteiger partial charge in [-0.15, -0.1) is 0 Å². The maximum Gasteiger partial charge on any atom is 0.260 e. The zero-order valence-electron chi connectivity index (χ0n) is 15.9. The molecule has 0 aliphatic carbocycles. The maximum atomic E-state index is 12.2. The number of carbonyl (C=O) groups is 1. The third kappa shape index (κ3) is 6.19. The van der Waals surface area contributed by atoms with Gasteiger partial charge in [0.2, 0.25) is 0 Å². The van der Waals surface area contributed by atoms with Crippen LogP contribution < -0.4 is 10.1 Å². The Morgan fingerprint density at radius 2 is 1.92 bits per heavy atom. The second-order valence-corrected chi connectivity index (χ2v) is 7.68. The highest BCUT2D eigenvalue weighted by Crippen LogP contribution is 2.26. The topological polar surface area (TPSA) is 41.6 Å². The first-order chi connectivity index (χ1) is 11.9. The van der Waals surface area contributed by atoms with E-state index in [9.17, 15) is 4.79 Å². The van der Waals surface area contributed by atoms with Gasteiger partial charge in [0.25, 0.3) is 5.91 Å². The number of halogens is 1. The summed E-state index contributed by atoms with van der Waals surface area (Å²) in [6, 6.07) is 3.74. The summed E-state index contributed by atoms with van der Waals surface area (Å²) in [7, 11) is 0. The maximum absolute atomic E-state index is 12.2. The van der Waals surface area contributed by atoms with Gasteiger partial charge in [0.05, 0.1) is 0 Å². The standard InChI is InChI=1S/C20H31ClN2O2/c1-14-6-10-23(11-7-14)9-5-8-22-20(24)17(4)25-18-12-15(2)19(21)16(3)13-18/h12-14,17H,5-11H2,1-4H3,(H,22,24)/t17-/m1/s1. The van der Waals surface area contributed by atoms with Crippen LogP contribution in [-0.4, -0.2) is 43.1 Å². The van der Waals surface area contributed by atoms with E-state index in [4.69, 9.17) is 16.3 Å². The molecule has 1 amide bonds. The van der Waals surface area contributed by atoms with Crippen LogP contribution in [0.5, 0.6) is 5.75 Å². The second-order valence-electron chi connectivity index (χ2n) is 7.30. The number of ether oxygens (including phenoxy) is 1. The minimum absolute atomic E-state index is 0.0717. The molecule has 2 rings (SSSR count). The van der Waals surface area contributed by atoms with Crippen molar-refractivity contribution in [2.75, 3.05) is 26.2 Å². The Labute approximate surface area is 156 Å². The van der Waals surface area contributed by atoms with Crippen LogP contribution in [0, 0.1) is 19.8 Å². The van der Waals surface area contributed by atoms with E-state index in [1.54, 1.807) is 6.92 Å². The number of aryl methyl sites for hydroxylation is 2. The number of rotatable bonds is 7. The van der Waals surface area contributed by atoms with Crippen LogP contribution in [0.2, 0.25) is 5.02 Å². The van der Waals surface area contributed by atoms with Crippen molar-refractivity contribution < 1.29 is 9.53 Å². The molecule has 1 N–H and O–H groups in total. The first-order valence-corrected chi connectivity index (χ1v) is 9.68. The molecule has 1 saturated heterocycles. The van der Waals surface area contributed by atoms with Crippen molar-refractivity contribution in [1.29, 1.82) is 0 Å². The van der Waals surface area contributed by atoms with Crippen LogP contribution in [0.1, 0.15) is 44.2 Å². The van der Waals surface area contributed by atoms with Crippen LogP contribution in [-0.2, 0) is 4.79 Å². The molecule has 1 fully saturated rings. The Bertz CT molecular complexity index is 560. The monoisotopic (exact) mass is 366 g/mol. The van der Waals surface area contributed by atoms with E-state index in [1.165, 1.54) is 25.9 Å². The number of hydrogen-bond donors (Lipinski definition) is 1. The van der Waals surface area contributed by atoms with Crippen LogP contribution in [0.4, 0.5) is 0 Å². The summed E-state index contributed by atoms with van der Waals surface area (Å²) in [5, 5.41) is 3.72. The summed E-state index contributed by atoms with van der Waals surface area (Å²) < 4.78 is 5.77. The number of nitrogens with one attached hydrogen (secondary N) is 1. The minimum Gasteiger partial charge on any atom is -0.481 e. The number of hydrogen-bond acceptors (Lipinski definition) is 3. The van der Waals surface area contributed by atoms with Gasteiger partial charge in [0.1, 0.15) is 5.75 Å². The van der Waals surface area contributed by atoms with Crippen molar-refractivity contribution >= 4 is 17.5 Å². The molecular formula is C20H31ClN2O2. The average Bonchev–Trinajstić information content (AvgIpc) is 2.57. The highest BCUT2D eigenvalue weighted by atomic mass is 35.5. The fourth-order valence-electron chi connectivity index (χ4n) is 3.18. The molecule has 1 heterocycles. The summed E-state index contributed by atoms with van der Waals surface area (Å²) in [6.45, 7) is 12.1. The number of amides is 1. The van der Waals surface area contributed by atoms with Crippen LogP contribution in [0.3, 0.4) is 0 Å². The highest BCUT2D eigenvalue weighted by Gasteiger charge is 2.17. The van der Waals surface area contributed by atoms with Crippen molar-refractivity contribution in [2.45, 2.75) is 53.1 Å². The van der Waals surface area contributed by atoms with Gasteiger partial charge in [0.15, 0.2) is 6.10 Å². The van der Waals surface area contributed by atoms with E-state index < -0.39 is 6.10 Å². The third-order valence-corrected chi connectivity index (χ3v) is 5.51. The first kappa shape index (κ1) is 20.1. The Morgan fingerprint density at radius 1 is 1.32 bits per heavy atom. The molecule has 0 bridgehead atoms. The lowest BCUT2D eigenvalue weighted by Crippen LogP contribution is -2.39. The molecule has 0 spiro atoms. The summed E-state index contributed by atoms with van der Waals surface area (Å²) in [5.41, 5.74) is 1.92. The lowest BCUT2D eigenvalue weighted by atomic mass is 9.99. The molecule has 1 aliphatic heterocycles. The largest absolute Gasteiger partial charge is 0.481 e. The zero-order chi connectivity index (χ0) is 18.4. The van der Waals surface area contributed by atoms with Gasteiger partial charge in [-0.25, -0.2) is 0 Å². The predicted octanol–water partition coefficient (Wildman–Crippen LogP) is 3.96. The summed E-state index contributed by atoms with van der Waals surface area (Å²) in [4.78, 5) is 14.7. The number of likely N-dealkylation sites (tertiary alicyclic amines) is 1. The fraction of sp³-hybridized carbons (Fsp3) is 0.650. The molecule has 25 heavy (non-hydrogen) atoms. The summed E-state index contributed by atoms with van der Waals surface area (Å²) >= 11 is 6.17. The molecular weight excluding hydrogens is 336 g/mol. The summed E-state index contributed by atoms with van der Waals surface area (Å²) in [6.07, 6.45) is 3.04. The van der Waals surface area contributed by atoms with Gasteiger partial charge in [0, 0.05) is 11.6 Å². The number of piperidine rings is 1. The van der Waals surface area contributed by atoms with Crippen LogP contribution in [0.25, 0.3) is 0 Å². The van der Waals surface area contributed by atoms with E-state index in [2.05, 4.69) is 17.1 Å². The molecule has 140 valence electrons. The van der Waals surface area contributed by atoms with Gasteiger partial charge >= 0.3 is 0 Å². The average molecular weight is 367 g/mol. The van der Waals surface area contributed by atoms with E-state index in [-0.39, 0.29) is 5.91 Å². The van der Waals surface area contributed by atoms with Gasteiger partial charge in [-0.05, 0) is 88.8 Å². The Morgan fingerprint density at radius 3 is 2.52 bits per heavy atom. The van der Waals surface area contributed by atoms with Crippen molar-refractivity contribution in [3.8, 4) is 5.75 Å². The third-order valence-electron chi connectivity index (χ3n) is 4.92. The van der Waals surface area contributed by atoms with Gasteiger partial charge in [-0.1, -0.05) is 18.5 Å². The fourth-order valence-corrected chi connectivity index (χ4v) is 3.28. The Kier molecular flexibility index (Phi) is 7.57.